The summed E-state index contributed by atoms with van der Waals surface area (Å²) in [6.07, 6.45) is -0.487. The Balaban J connectivity index is 2.29. The van der Waals surface area contributed by atoms with Gasteiger partial charge in [-0.25, -0.2) is 14.0 Å². The first kappa shape index (κ1) is 13.7. The number of hydrogen-bond acceptors (Lipinski definition) is 6. The average molecular weight is 279 g/mol. The minimum absolute atomic E-state index is 0.127. The first-order chi connectivity index (χ1) is 9.47. The van der Waals surface area contributed by atoms with Crippen LogP contribution in [-0.4, -0.2) is 18.5 Å². The molecule has 6 nitrogen and oxygen atoms in total. The number of carboxylic acids is 1. The van der Waals surface area contributed by atoms with Gasteiger partial charge in [-0.1, -0.05) is 0 Å². The number of carbonyl (C=O) groups is 2. The first-order valence-corrected chi connectivity index (χ1v) is 5.58. The second kappa shape index (κ2) is 5.52. The summed E-state index contributed by atoms with van der Waals surface area (Å²) < 4.78 is 22.5. The van der Waals surface area contributed by atoms with Gasteiger partial charge in [0.2, 0.25) is 0 Å². The van der Waals surface area contributed by atoms with E-state index in [-0.39, 0.29) is 11.0 Å². The van der Waals surface area contributed by atoms with Crippen LogP contribution in [0.4, 0.5) is 4.39 Å². The summed E-state index contributed by atoms with van der Waals surface area (Å²) >= 11 is 0. The van der Waals surface area contributed by atoms with E-state index in [0.29, 0.717) is 0 Å². The molecule has 0 saturated heterocycles. The van der Waals surface area contributed by atoms with Crippen LogP contribution in [0, 0.1) is 5.82 Å². The summed E-state index contributed by atoms with van der Waals surface area (Å²) in [4.78, 5) is 33.3. The molecule has 0 aliphatic heterocycles. The predicted molar refractivity (Wildman–Crippen MR) is 62.3 cm³/mol. The van der Waals surface area contributed by atoms with Crippen LogP contribution in [0.3, 0.4) is 0 Å². The van der Waals surface area contributed by atoms with Gasteiger partial charge in [-0.2, -0.15) is 0 Å². The van der Waals surface area contributed by atoms with Crippen molar-refractivity contribution in [3.05, 3.63) is 46.1 Å². The van der Waals surface area contributed by atoms with Crippen LogP contribution in [-0.2, 0) is 9.53 Å². The third-order valence-electron chi connectivity index (χ3n) is 2.45. The highest BCUT2D eigenvalue weighted by molar-refractivity contribution is 5.92. The van der Waals surface area contributed by atoms with Crippen molar-refractivity contribution in [2.75, 3.05) is 6.61 Å². The predicted octanol–water partition coefficient (Wildman–Crippen LogP) is 0.229. The van der Waals surface area contributed by atoms with Crippen LogP contribution in [0.25, 0.3) is 11.0 Å². The standard InChI is InChI=1S/C13H9FO6/c14-8-1-2-10-7(5-8)6-9(13(18)20-10)12(17)19-4-3-11(15)16/h1-2,5-6H,3-4H2,(H,15,16)/p-1. The largest absolute Gasteiger partial charge is 0.550 e. The van der Waals surface area contributed by atoms with Gasteiger partial charge in [-0.3, -0.25) is 0 Å². The van der Waals surface area contributed by atoms with E-state index in [0.717, 1.165) is 18.2 Å². The molecular formula is C13H8FO6-. The Morgan fingerprint density at radius 1 is 1.30 bits per heavy atom. The molecule has 104 valence electrons. The van der Waals surface area contributed by atoms with Crippen molar-refractivity contribution in [1.29, 1.82) is 0 Å². The van der Waals surface area contributed by atoms with Gasteiger partial charge in [0.15, 0.2) is 0 Å². The number of halogens is 1. The summed E-state index contributed by atoms with van der Waals surface area (Å²) in [6, 6.07) is 4.60. The molecule has 2 rings (SSSR count). The zero-order chi connectivity index (χ0) is 14.7. The molecule has 0 aliphatic carbocycles. The third kappa shape index (κ3) is 3.00. The summed E-state index contributed by atoms with van der Waals surface area (Å²) in [7, 11) is 0. The molecule has 2 aromatic rings. The number of esters is 1. The van der Waals surface area contributed by atoms with Crippen molar-refractivity contribution in [3.63, 3.8) is 0 Å². The molecule has 1 aromatic carbocycles. The van der Waals surface area contributed by atoms with Crippen LogP contribution in [0.15, 0.2) is 33.5 Å². The second-order valence-corrected chi connectivity index (χ2v) is 3.89. The van der Waals surface area contributed by atoms with Gasteiger partial charge in [0.25, 0.3) is 0 Å². The molecule has 0 radical (unpaired) electrons. The lowest BCUT2D eigenvalue weighted by Crippen LogP contribution is -2.25. The minimum atomic E-state index is -1.38. The number of ether oxygens (including phenoxy) is 1. The highest BCUT2D eigenvalue weighted by atomic mass is 19.1. The van der Waals surface area contributed by atoms with Crippen LogP contribution in [0.1, 0.15) is 16.8 Å². The fourth-order valence-corrected chi connectivity index (χ4v) is 1.54. The number of carbonyl (C=O) groups excluding carboxylic acids is 2. The Morgan fingerprint density at radius 3 is 2.75 bits per heavy atom. The van der Waals surface area contributed by atoms with Gasteiger partial charge in [0, 0.05) is 17.8 Å². The van der Waals surface area contributed by atoms with E-state index in [2.05, 4.69) is 4.74 Å². The fraction of sp³-hybridized carbons (Fsp3) is 0.154. The number of hydrogen-bond donors (Lipinski definition) is 0. The third-order valence-corrected chi connectivity index (χ3v) is 2.45. The number of fused-ring (bicyclic) bond motifs is 1. The maximum atomic E-state index is 13.1. The zero-order valence-electron chi connectivity index (χ0n) is 10.1. The molecule has 1 heterocycles. The topological polar surface area (TPSA) is 96.6 Å². The van der Waals surface area contributed by atoms with E-state index in [1.165, 1.54) is 6.07 Å². The molecule has 0 fully saturated rings. The molecule has 0 amide bonds. The minimum Gasteiger partial charge on any atom is -0.550 e. The molecule has 1 aromatic heterocycles. The monoisotopic (exact) mass is 279 g/mol. The average Bonchev–Trinajstić information content (AvgIpc) is 2.38. The van der Waals surface area contributed by atoms with Crippen molar-refractivity contribution >= 4 is 22.9 Å². The molecule has 0 spiro atoms. The van der Waals surface area contributed by atoms with Crippen LogP contribution < -0.4 is 10.7 Å². The lowest BCUT2D eigenvalue weighted by molar-refractivity contribution is -0.306. The van der Waals surface area contributed by atoms with Gasteiger partial charge in [-0.05, 0) is 24.3 Å². The number of aliphatic carboxylic acids is 1. The maximum Gasteiger partial charge on any atom is 0.351 e. The Hall–Kier alpha value is -2.70. The van der Waals surface area contributed by atoms with Crippen molar-refractivity contribution in [3.8, 4) is 0 Å². The molecule has 20 heavy (non-hydrogen) atoms. The van der Waals surface area contributed by atoms with Gasteiger partial charge < -0.3 is 19.1 Å². The Bertz CT molecular complexity index is 733. The maximum absolute atomic E-state index is 13.1. The lowest BCUT2D eigenvalue weighted by Gasteiger charge is -2.05. The van der Waals surface area contributed by atoms with Crippen molar-refractivity contribution < 1.29 is 28.2 Å². The molecule has 0 bridgehead atoms. The first-order valence-electron chi connectivity index (χ1n) is 5.58. The Morgan fingerprint density at radius 2 is 2.05 bits per heavy atom. The molecule has 0 atom stereocenters. The van der Waals surface area contributed by atoms with Crippen molar-refractivity contribution in [2.24, 2.45) is 0 Å². The van der Waals surface area contributed by atoms with E-state index >= 15 is 0 Å². The fourth-order valence-electron chi connectivity index (χ4n) is 1.54. The molecule has 0 aliphatic rings. The summed E-state index contributed by atoms with van der Waals surface area (Å²) in [5.41, 5.74) is -1.24. The normalized spacial score (nSPS) is 10.4. The lowest BCUT2D eigenvalue weighted by atomic mass is 10.2. The van der Waals surface area contributed by atoms with Gasteiger partial charge >= 0.3 is 11.6 Å². The second-order valence-electron chi connectivity index (χ2n) is 3.89. The highest BCUT2D eigenvalue weighted by Gasteiger charge is 2.15. The van der Waals surface area contributed by atoms with E-state index in [4.69, 9.17) is 4.42 Å². The molecule has 0 saturated carbocycles. The van der Waals surface area contributed by atoms with Crippen molar-refractivity contribution in [2.45, 2.75) is 6.42 Å². The summed E-state index contributed by atoms with van der Waals surface area (Å²) in [6.45, 7) is -0.429. The van der Waals surface area contributed by atoms with E-state index in [1.807, 2.05) is 0 Å². The van der Waals surface area contributed by atoms with Crippen LogP contribution >= 0.6 is 0 Å². The number of rotatable bonds is 4. The smallest absolute Gasteiger partial charge is 0.351 e. The van der Waals surface area contributed by atoms with Gasteiger partial charge in [-0.15, -0.1) is 0 Å². The van der Waals surface area contributed by atoms with Gasteiger partial charge in [0.05, 0.1) is 6.61 Å². The number of carboxylic acid groups (broad SMARTS) is 1. The Kier molecular flexibility index (Phi) is 3.79. The zero-order valence-corrected chi connectivity index (χ0v) is 10.1. The van der Waals surface area contributed by atoms with Crippen molar-refractivity contribution in [1.82, 2.24) is 0 Å². The van der Waals surface area contributed by atoms with Gasteiger partial charge in [0.1, 0.15) is 17.0 Å². The highest BCUT2D eigenvalue weighted by Crippen LogP contribution is 2.15. The van der Waals surface area contributed by atoms with E-state index in [1.54, 1.807) is 0 Å². The van der Waals surface area contributed by atoms with Crippen LogP contribution in [0.5, 0.6) is 0 Å². The molecular weight excluding hydrogens is 271 g/mol. The van der Waals surface area contributed by atoms with E-state index in [9.17, 15) is 23.9 Å². The quantitative estimate of drug-likeness (QED) is 0.587. The molecule has 0 unspecified atom stereocenters. The van der Waals surface area contributed by atoms with E-state index < -0.39 is 42.0 Å². The Labute approximate surface area is 111 Å². The summed E-state index contributed by atoms with van der Waals surface area (Å²) in [5, 5.41) is 10.4. The van der Waals surface area contributed by atoms with Crippen LogP contribution in [0.2, 0.25) is 0 Å². The SMILES string of the molecule is O=C([O-])CCOC(=O)c1cc2cc(F)ccc2oc1=O. The molecule has 7 heteroatoms. The molecule has 0 N–H and O–H groups in total. The summed E-state index contributed by atoms with van der Waals surface area (Å²) in [5.74, 6) is -2.97. The number of benzene rings is 1.